The molecule has 2 N–H and O–H groups in total. The molecule has 1 aromatic heterocycles. The number of aromatic nitrogens is 1. The molecule has 4 heteroatoms. The largest absolute Gasteiger partial charge is 0.327 e. The third kappa shape index (κ3) is 2.80. The highest BCUT2D eigenvalue weighted by molar-refractivity contribution is 6.35. The molecule has 2 heterocycles. The van der Waals surface area contributed by atoms with Gasteiger partial charge in [-0.25, -0.2) is 0 Å². The minimum atomic E-state index is 0.283. The Labute approximate surface area is 124 Å². The van der Waals surface area contributed by atoms with Crippen LogP contribution in [0.15, 0.2) is 30.5 Å². The van der Waals surface area contributed by atoms with Gasteiger partial charge in [0, 0.05) is 42.3 Å². The van der Waals surface area contributed by atoms with E-state index in [1.807, 2.05) is 24.4 Å². The SMILES string of the molecule is CC1CC(N)CN(Cc2ccc(Cl)c3cccnc23)C1. The van der Waals surface area contributed by atoms with Crippen molar-refractivity contribution in [3.05, 3.63) is 41.0 Å². The van der Waals surface area contributed by atoms with E-state index in [4.69, 9.17) is 17.3 Å². The Balaban J connectivity index is 1.89. The summed E-state index contributed by atoms with van der Waals surface area (Å²) in [6, 6.07) is 8.29. The number of likely N-dealkylation sites (tertiary alicyclic amines) is 1. The minimum Gasteiger partial charge on any atom is -0.327 e. The number of nitrogens with zero attached hydrogens (tertiary/aromatic N) is 2. The number of hydrogen-bond donors (Lipinski definition) is 1. The molecular weight excluding hydrogens is 270 g/mol. The zero-order chi connectivity index (χ0) is 14.1. The Morgan fingerprint density at radius 1 is 1.35 bits per heavy atom. The molecule has 1 saturated heterocycles. The Hall–Kier alpha value is -1.16. The molecule has 1 aromatic carbocycles. The zero-order valence-electron chi connectivity index (χ0n) is 11.7. The number of halogens is 1. The van der Waals surface area contributed by atoms with Crippen LogP contribution in [-0.4, -0.2) is 29.0 Å². The van der Waals surface area contributed by atoms with Crippen LogP contribution >= 0.6 is 11.6 Å². The Kier molecular flexibility index (Phi) is 3.92. The molecule has 2 atom stereocenters. The van der Waals surface area contributed by atoms with Crippen molar-refractivity contribution in [3.8, 4) is 0 Å². The number of rotatable bonds is 2. The quantitative estimate of drug-likeness (QED) is 0.924. The van der Waals surface area contributed by atoms with E-state index >= 15 is 0 Å². The van der Waals surface area contributed by atoms with Crippen LogP contribution in [0.4, 0.5) is 0 Å². The van der Waals surface area contributed by atoms with Gasteiger partial charge < -0.3 is 5.73 Å². The molecule has 0 amide bonds. The number of hydrogen-bond acceptors (Lipinski definition) is 3. The summed E-state index contributed by atoms with van der Waals surface area (Å²) in [7, 11) is 0. The van der Waals surface area contributed by atoms with E-state index in [0.717, 1.165) is 42.0 Å². The minimum absolute atomic E-state index is 0.283. The molecule has 0 bridgehead atoms. The van der Waals surface area contributed by atoms with E-state index in [1.165, 1.54) is 5.56 Å². The lowest BCUT2D eigenvalue weighted by Gasteiger charge is -2.34. The summed E-state index contributed by atoms with van der Waals surface area (Å²) in [5, 5.41) is 1.79. The average molecular weight is 290 g/mol. The van der Waals surface area contributed by atoms with Crippen LogP contribution in [0, 0.1) is 5.92 Å². The van der Waals surface area contributed by atoms with Gasteiger partial charge in [0.25, 0.3) is 0 Å². The van der Waals surface area contributed by atoms with Crippen LogP contribution < -0.4 is 5.73 Å². The van der Waals surface area contributed by atoms with E-state index in [0.29, 0.717) is 5.92 Å². The second kappa shape index (κ2) is 5.68. The molecular formula is C16H20ClN3. The van der Waals surface area contributed by atoms with E-state index in [2.05, 4.69) is 22.9 Å². The third-order valence-corrected chi connectivity index (χ3v) is 4.29. The molecule has 0 radical (unpaired) electrons. The van der Waals surface area contributed by atoms with Gasteiger partial charge in [-0.1, -0.05) is 24.6 Å². The summed E-state index contributed by atoms with van der Waals surface area (Å²) in [5.74, 6) is 0.658. The fourth-order valence-corrected chi connectivity index (χ4v) is 3.42. The molecule has 20 heavy (non-hydrogen) atoms. The topological polar surface area (TPSA) is 42.1 Å². The van der Waals surface area contributed by atoms with Gasteiger partial charge in [0.2, 0.25) is 0 Å². The van der Waals surface area contributed by atoms with Crippen LogP contribution in [0.1, 0.15) is 18.9 Å². The summed E-state index contributed by atoms with van der Waals surface area (Å²) >= 11 is 6.24. The summed E-state index contributed by atoms with van der Waals surface area (Å²) in [6.45, 7) is 5.22. The molecule has 0 saturated carbocycles. The highest BCUT2D eigenvalue weighted by atomic mass is 35.5. The van der Waals surface area contributed by atoms with Crippen molar-refractivity contribution in [2.24, 2.45) is 11.7 Å². The van der Waals surface area contributed by atoms with Crippen molar-refractivity contribution in [1.29, 1.82) is 0 Å². The number of piperidine rings is 1. The van der Waals surface area contributed by atoms with Crippen molar-refractivity contribution in [2.45, 2.75) is 25.9 Å². The van der Waals surface area contributed by atoms with Crippen LogP contribution in [-0.2, 0) is 6.54 Å². The van der Waals surface area contributed by atoms with Crippen LogP contribution in [0.3, 0.4) is 0 Å². The first kappa shape index (κ1) is 13.8. The number of benzene rings is 1. The summed E-state index contributed by atoms with van der Waals surface area (Å²) < 4.78 is 0. The van der Waals surface area contributed by atoms with Crippen molar-refractivity contribution in [1.82, 2.24) is 9.88 Å². The first-order valence-electron chi connectivity index (χ1n) is 7.13. The maximum Gasteiger partial charge on any atom is 0.0761 e. The van der Waals surface area contributed by atoms with E-state index in [1.54, 1.807) is 0 Å². The normalized spacial score (nSPS) is 24.1. The first-order valence-corrected chi connectivity index (χ1v) is 7.51. The van der Waals surface area contributed by atoms with Gasteiger partial charge in [0.15, 0.2) is 0 Å². The Bertz CT molecular complexity index is 604. The lowest BCUT2D eigenvalue weighted by atomic mass is 9.96. The highest BCUT2D eigenvalue weighted by Gasteiger charge is 2.22. The fourth-order valence-electron chi connectivity index (χ4n) is 3.21. The second-order valence-corrected chi connectivity index (χ2v) is 6.31. The monoisotopic (exact) mass is 289 g/mol. The predicted molar refractivity (Wildman–Crippen MR) is 83.8 cm³/mol. The molecule has 0 aliphatic carbocycles. The Morgan fingerprint density at radius 2 is 2.20 bits per heavy atom. The van der Waals surface area contributed by atoms with E-state index in [-0.39, 0.29) is 6.04 Å². The third-order valence-electron chi connectivity index (χ3n) is 3.96. The maximum absolute atomic E-state index is 6.24. The molecule has 1 fully saturated rings. The van der Waals surface area contributed by atoms with Gasteiger partial charge in [-0.15, -0.1) is 0 Å². The van der Waals surface area contributed by atoms with E-state index in [9.17, 15) is 0 Å². The summed E-state index contributed by atoms with van der Waals surface area (Å²) in [5.41, 5.74) is 8.36. The predicted octanol–water partition coefficient (Wildman–Crippen LogP) is 3.06. The lowest BCUT2D eigenvalue weighted by Crippen LogP contribution is -2.45. The smallest absolute Gasteiger partial charge is 0.0761 e. The molecule has 3 nitrogen and oxygen atoms in total. The van der Waals surface area contributed by atoms with Gasteiger partial charge in [0.05, 0.1) is 5.52 Å². The molecule has 106 valence electrons. The van der Waals surface area contributed by atoms with Gasteiger partial charge in [-0.05, 0) is 36.1 Å². The van der Waals surface area contributed by atoms with Crippen LogP contribution in [0.2, 0.25) is 5.02 Å². The van der Waals surface area contributed by atoms with Crippen molar-refractivity contribution >= 4 is 22.5 Å². The molecule has 1 aliphatic rings. The maximum atomic E-state index is 6.24. The van der Waals surface area contributed by atoms with Gasteiger partial charge in [-0.3, -0.25) is 9.88 Å². The summed E-state index contributed by atoms with van der Waals surface area (Å²) in [4.78, 5) is 6.93. The van der Waals surface area contributed by atoms with Crippen LogP contribution in [0.5, 0.6) is 0 Å². The zero-order valence-corrected chi connectivity index (χ0v) is 12.5. The van der Waals surface area contributed by atoms with Crippen LogP contribution in [0.25, 0.3) is 10.9 Å². The lowest BCUT2D eigenvalue weighted by molar-refractivity contribution is 0.159. The molecule has 1 aliphatic heterocycles. The fraction of sp³-hybridized carbons (Fsp3) is 0.438. The summed E-state index contributed by atoms with van der Waals surface area (Å²) in [6.07, 6.45) is 2.95. The molecule has 2 aromatic rings. The van der Waals surface area contributed by atoms with Gasteiger partial charge in [-0.2, -0.15) is 0 Å². The van der Waals surface area contributed by atoms with Crippen molar-refractivity contribution in [2.75, 3.05) is 13.1 Å². The molecule has 0 spiro atoms. The van der Waals surface area contributed by atoms with E-state index < -0.39 is 0 Å². The average Bonchev–Trinajstić information content (AvgIpc) is 2.41. The van der Waals surface area contributed by atoms with Crippen molar-refractivity contribution in [3.63, 3.8) is 0 Å². The van der Waals surface area contributed by atoms with Gasteiger partial charge in [0.1, 0.15) is 0 Å². The van der Waals surface area contributed by atoms with Gasteiger partial charge >= 0.3 is 0 Å². The number of pyridine rings is 1. The Morgan fingerprint density at radius 3 is 3.00 bits per heavy atom. The second-order valence-electron chi connectivity index (χ2n) is 5.90. The highest BCUT2D eigenvalue weighted by Crippen LogP contribution is 2.26. The number of fused-ring (bicyclic) bond motifs is 1. The number of nitrogens with two attached hydrogens (primary N) is 1. The molecule has 2 unspecified atom stereocenters. The van der Waals surface area contributed by atoms with Crippen molar-refractivity contribution < 1.29 is 0 Å². The standard InChI is InChI=1S/C16H20ClN3/c1-11-7-13(18)10-20(8-11)9-12-4-5-15(17)14-3-2-6-19-16(12)14/h2-6,11,13H,7-10,18H2,1H3. The first-order chi connectivity index (χ1) is 9.63. The molecule has 3 rings (SSSR count).